The third kappa shape index (κ3) is 2.42. The average molecular weight is 217 g/mol. The van der Waals surface area contributed by atoms with Gasteiger partial charge in [-0.2, -0.15) is 0 Å². The molecule has 0 aromatic heterocycles. The topological polar surface area (TPSA) is 38.0 Å². The minimum atomic E-state index is 0. The highest BCUT2D eigenvalue weighted by Gasteiger charge is 1.94. The summed E-state index contributed by atoms with van der Waals surface area (Å²) in [6.07, 6.45) is 0. The first kappa shape index (κ1) is 10.3. The smallest absolute Gasteiger partial charge is 0.0582 e. The Morgan fingerprint density at radius 3 is 2.55 bits per heavy atom. The maximum absolute atomic E-state index is 5.62. The molecule has 0 saturated heterocycles. The molecule has 3 heteroatoms. The summed E-state index contributed by atoms with van der Waals surface area (Å²) in [6.45, 7) is 0. The molecule has 0 bridgehead atoms. The summed E-state index contributed by atoms with van der Waals surface area (Å²) >= 11 is 3.34. The van der Waals surface area contributed by atoms with Gasteiger partial charge in [0.25, 0.3) is 0 Å². The summed E-state index contributed by atoms with van der Waals surface area (Å²) in [4.78, 5) is 0. The summed E-state index contributed by atoms with van der Waals surface area (Å²) < 4.78 is 1.03. The molecule has 0 aliphatic heterocycles. The second-order valence-corrected chi connectivity index (χ2v) is 2.90. The van der Waals surface area contributed by atoms with Crippen molar-refractivity contribution in [3.05, 3.63) is 22.7 Å². The molecular formula is C8H13BrN2. The molecule has 0 atom stereocenters. The lowest BCUT2D eigenvalue weighted by Crippen LogP contribution is -1.94. The largest absolute Gasteiger partial charge is 0.397 e. The molecule has 0 fully saturated rings. The highest BCUT2D eigenvalue weighted by Crippen LogP contribution is 2.22. The third-order valence-electron chi connectivity index (χ3n) is 1.28. The zero-order valence-corrected chi connectivity index (χ0v) is 7.27. The summed E-state index contributed by atoms with van der Waals surface area (Å²) in [5.74, 6) is 0. The zero-order valence-electron chi connectivity index (χ0n) is 5.69. The number of rotatable bonds is 1. The molecule has 2 nitrogen and oxygen atoms in total. The fourth-order valence-electron chi connectivity index (χ4n) is 0.745. The van der Waals surface area contributed by atoms with E-state index in [1.807, 2.05) is 25.2 Å². The van der Waals surface area contributed by atoms with Crippen LogP contribution in [0.25, 0.3) is 0 Å². The first-order valence-electron chi connectivity index (χ1n) is 2.97. The van der Waals surface area contributed by atoms with Gasteiger partial charge in [0, 0.05) is 11.5 Å². The number of anilines is 2. The van der Waals surface area contributed by atoms with Gasteiger partial charge in [-0.05, 0) is 18.2 Å². The van der Waals surface area contributed by atoms with Crippen LogP contribution < -0.4 is 11.1 Å². The van der Waals surface area contributed by atoms with Crippen molar-refractivity contribution in [1.29, 1.82) is 0 Å². The van der Waals surface area contributed by atoms with Gasteiger partial charge in [0.05, 0.1) is 11.4 Å². The normalized spacial score (nSPS) is 8.55. The van der Waals surface area contributed by atoms with E-state index in [4.69, 9.17) is 5.73 Å². The summed E-state index contributed by atoms with van der Waals surface area (Å²) in [7, 11) is 1.85. The Morgan fingerprint density at radius 1 is 1.45 bits per heavy atom. The van der Waals surface area contributed by atoms with Gasteiger partial charge in [-0.25, -0.2) is 0 Å². The van der Waals surface area contributed by atoms with Crippen molar-refractivity contribution in [1.82, 2.24) is 0 Å². The molecule has 0 spiro atoms. The Bertz CT molecular complexity index is 236. The highest BCUT2D eigenvalue weighted by molar-refractivity contribution is 9.10. The number of nitrogen functional groups attached to an aromatic ring is 1. The van der Waals surface area contributed by atoms with E-state index in [1.165, 1.54) is 0 Å². The number of hydrogen-bond acceptors (Lipinski definition) is 2. The van der Waals surface area contributed by atoms with Gasteiger partial charge in [0.2, 0.25) is 0 Å². The molecule has 62 valence electrons. The van der Waals surface area contributed by atoms with E-state index in [0.717, 1.165) is 15.8 Å². The lowest BCUT2D eigenvalue weighted by atomic mass is 10.3. The van der Waals surface area contributed by atoms with Gasteiger partial charge in [-0.3, -0.25) is 0 Å². The van der Waals surface area contributed by atoms with Crippen LogP contribution in [-0.4, -0.2) is 7.05 Å². The van der Waals surface area contributed by atoms with Crippen LogP contribution in [0.5, 0.6) is 0 Å². The molecule has 0 amide bonds. The number of hydrogen-bond donors (Lipinski definition) is 2. The zero-order chi connectivity index (χ0) is 7.56. The fraction of sp³-hybridized carbons (Fsp3) is 0.250. The maximum atomic E-state index is 5.62. The summed E-state index contributed by atoms with van der Waals surface area (Å²) in [5.41, 5.74) is 7.34. The lowest BCUT2D eigenvalue weighted by molar-refractivity contribution is 1.50. The first-order valence-corrected chi connectivity index (χ1v) is 3.76. The minimum Gasteiger partial charge on any atom is -0.397 e. The predicted octanol–water partition coefficient (Wildman–Crippen LogP) is 2.71. The standard InChI is InChI=1S/C7H9BrN2.CH4/c1-10-7-4-5(8)2-3-6(7)9;/h2-4,10H,9H2,1H3;1H4. The third-order valence-corrected chi connectivity index (χ3v) is 1.78. The van der Waals surface area contributed by atoms with Gasteiger partial charge in [0.15, 0.2) is 0 Å². The molecule has 0 aliphatic carbocycles. The van der Waals surface area contributed by atoms with E-state index in [1.54, 1.807) is 0 Å². The van der Waals surface area contributed by atoms with E-state index < -0.39 is 0 Å². The van der Waals surface area contributed by atoms with Crippen molar-refractivity contribution < 1.29 is 0 Å². The average Bonchev–Trinajstić information content (AvgIpc) is 1.94. The van der Waals surface area contributed by atoms with Crippen molar-refractivity contribution in [2.75, 3.05) is 18.1 Å². The molecule has 11 heavy (non-hydrogen) atoms. The molecule has 0 heterocycles. The van der Waals surface area contributed by atoms with Gasteiger partial charge in [-0.15, -0.1) is 0 Å². The second kappa shape index (κ2) is 4.23. The van der Waals surface area contributed by atoms with Gasteiger partial charge in [-0.1, -0.05) is 23.4 Å². The van der Waals surface area contributed by atoms with Crippen molar-refractivity contribution in [2.45, 2.75) is 7.43 Å². The van der Waals surface area contributed by atoms with E-state index in [9.17, 15) is 0 Å². The minimum absolute atomic E-state index is 0. The molecule has 3 N–H and O–H groups in total. The molecular weight excluding hydrogens is 204 g/mol. The summed E-state index contributed by atoms with van der Waals surface area (Å²) in [6, 6.07) is 5.71. The van der Waals surface area contributed by atoms with Crippen LogP contribution in [0.15, 0.2) is 22.7 Å². The molecule has 1 aromatic carbocycles. The molecule has 0 aliphatic rings. The van der Waals surface area contributed by atoms with Crippen LogP contribution in [0.3, 0.4) is 0 Å². The molecule has 0 saturated carbocycles. The molecule has 0 unspecified atom stereocenters. The van der Waals surface area contributed by atoms with Gasteiger partial charge < -0.3 is 11.1 Å². The first-order chi connectivity index (χ1) is 4.74. The van der Waals surface area contributed by atoms with Gasteiger partial charge in [0.1, 0.15) is 0 Å². The highest BCUT2D eigenvalue weighted by atomic mass is 79.9. The van der Waals surface area contributed by atoms with E-state index in [2.05, 4.69) is 21.2 Å². The number of halogens is 1. The quantitative estimate of drug-likeness (QED) is 0.709. The van der Waals surface area contributed by atoms with E-state index >= 15 is 0 Å². The van der Waals surface area contributed by atoms with Crippen molar-refractivity contribution in [3.8, 4) is 0 Å². The second-order valence-electron chi connectivity index (χ2n) is 1.98. The van der Waals surface area contributed by atoms with Crippen molar-refractivity contribution in [3.63, 3.8) is 0 Å². The number of nitrogens with two attached hydrogens (primary N) is 1. The van der Waals surface area contributed by atoms with Crippen LogP contribution in [0.4, 0.5) is 11.4 Å². The number of nitrogens with one attached hydrogen (secondary N) is 1. The van der Waals surface area contributed by atoms with Crippen LogP contribution >= 0.6 is 15.9 Å². The van der Waals surface area contributed by atoms with E-state index in [0.29, 0.717) is 0 Å². The van der Waals surface area contributed by atoms with Crippen LogP contribution in [0, 0.1) is 0 Å². The fourth-order valence-corrected chi connectivity index (χ4v) is 1.11. The maximum Gasteiger partial charge on any atom is 0.0582 e. The Hall–Kier alpha value is -0.700. The SMILES string of the molecule is C.CNc1cc(Br)ccc1N. The van der Waals surface area contributed by atoms with Crippen molar-refractivity contribution >= 4 is 27.3 Å². The Labute approximate surface area is 75.9 Å². The van der Waals surface area contributed by atoms with Gasteiger partial charge >= 0.3 is 0 Å². The van der Waals surface area contributed by atoms with Crippen LogP contribution in [0.2, 0.25) is 0 Å². The Balaban J connectivity index is 0.000001000. The van der Waals surface area contributed by atoms with Crippen LogP contribution in [-0.2, 0) is 0 Å². The predicted molar refractivity (Wildman–Crippen MR) is 54.8 cm³/mol. The molecule has 1 aromatic rings. The molecule has 1 rings (SSSR count). The summed E-state index contributed by atoms with van der Waals surface area (Å²) in [5, 5.41) is 2.98. The number of benzene rings is 1. The molecule has 0 radical (unpaired) electrons. The van der Waals surface area contributed by atoms with Crippen LogP contribution in [0.1, 0.15) is 7.43 Å². The van der Waals surface area contributed by atoms with Crippen molar-refractivity contribution in [2.24, 2.45) is 0 Å². The Morgan fingerprint density at radius 2 is 2.09 bits per heavy atom. The monoisotopic (exact) mass is 216 g/mol. The van der Waals surface area contributed by atoms with E-state index in [-0.39, 0.29) is 7.43 Å². The Kier molecular flexibility index (Phi) is 3.97. The lowest BCUT2D eigenvalue weighted by Gasteiger charge is -2.03.